The summed E-state index contributed by atoms with van der Waals surface area (Å²) in [5.41, 5.74) is 5.98. The Kier molecular flexibility index (Phi) is 4.62. The van der Waals surface area contributed by atoms with Crippen LogP contribution in [0.3, 0.4) is 0 Å². The lowest BCUT2D eigenvalue weighted by Gasteiger charge is -2.43. The first kappa shape index (κ1) is 13.8. The lowest BCUT2D eigenvalue weighted by atomic mass is 9.91. The smallest absolute Gasteiger partial charge is 0.239 e. The van der Waals surface area contributed by atoms with Crippen molar-refractivity contribution in [3.63, 3.8) is 0 Å². The van der Waals surface area contributed by atoms with Crippen molar-refractivity contribution in [2.24, 2.45) is 11.7 Å². The molecule has 1 saturated heterocycles. The third kappa shape index (κ3) is 3.23. The Morgan fingerprint density at radius 1 is 1.22 bits per heavy atom. The summed E-state index contributed by atoms with van der Waals surface area (Å²) < 4.78 is 0. The molecule has 4 nitrogen and oxygen atoms in total. The first-order valence-corrected chi connectivity index (χ1v) is 7.36. The van der Waals surface area contributed by atoms with Crippen molar-refractivity contribution >= 4 is 5.91 Å². The van der Waals surface area contributed by atoms with Gasteiger partial charge in [0.1, 0.15) is 0 Å². The van der Waals surface area contributed by atoms with Gasteiger partial charge in [0, 0.05) is 32.2 Å². The van der Waals surface area contributed by atoms with Gasteiger partial charge in [0.25, 0.3) is 0 Å². The van der Waals surface area contributed by atoms with Gasteiger partial charge >= 0.3 is 0 Å². The van der Waals surface area contributed by atoms with Gasteiger partial charge in [0.2, 0.25) is 5.91 Å². The molecule has 0 unspecified atom stereocenters. The fourth-order valence-electron chi connectivity index (χ4n) is 2.90. The lowest BCUT2D eigenvalue weighted by molar-refractivity contribution is -0.135. The monoisotopic (exact) mass is 253 g/mol. The lowest BCUT2D eigenvalue weighted by Crippen LogP contribution is -2.56. The quantitative estimate of drug-likeness (QED) is 0.815. The van der Waals surface area contributed by atoms with E-state index in [1.54, 1.807) is 0 Å². The minimum atomic E-state index is -0.305. The summed E-state index contributed by atoms with van der Waals surface area (Å²) in [5.74, 6) is 0.636. The van der Waals surface area contributed by atoms with E-state index in [9.17, 15) is 4.79 Å². The fraction of sp³-hybridized carbons (Fsp3) is 0.929. The van der Waals surface area contributed by atoms with Crippen LogP contribution in [-0.4, -0.2) is 54.0 Å². The molecule has 0 aromatic heterocycles. The number of rotatable bonds is 4. The summed E-state index contributed by atoms with van der Waals surface area (Å²) >= 11 is 0. The summed E-state index contributed by atoms with van der Waals surface area (Å²) in [5, 5.41) is 0. The summed E-state index contributed by atoms with van der Waals surface area (Å²) in [6.45, 7) is 8.02. The number of carbonyl (C=O) groups excluding carboxylic acids is 1. The molecule has 1 aliphatic heterocycles. The molecule has 1 heterocycles. The van der Waals surface area contributed by atoms with Crippen molar-refractivity contribution in [3.8, 4) is 0 Å². The molecule has 104 valence electrons. The van der Waals surface area contributed by atoms with E-state index in [-0.39, 0.29) is 11.9 Å². The third-order valence-electron chi connectivity index (χ3n) is 4.26. The molecule has 0 aromatic carbocycles. The van der Waals surface area contributed by atoms with Crippen molar-refractivity contribution in [3.05, 3.63) is 0 Å². The molecule has 0 spiro atoms. The van der Waals surface area contributed by atoms with Gasteiger partial charge in [-0.05, 0) is 25.2 Å². The first-order valence-electron chi connectivity index (χ1n) is 7.36. The number of nitrogens with zero attached hydrogens (tertiary/aromatic N) is 2. The second kappa shape index (κ2) is 6.02. The molecular formula is C14H27N3O. The van der Waals surface area contributed by atoms with Gasteiger partial charge in [-0.3, -0.25) is 9.69 Å². The number of hydrogen-bond acceptors (Lipinski definition) is 3. The van der Waals surface area contributed by atoms with Crippen LogP contribution in [0.4, 0.5) is 0 Å². The Labute approximate surface area is 110 Å². The van der Waals surface area contributed by atoms with E-state index in [0.29, 0.717) is 5.92 Å². The van der Waals surface area contributed by atoms with Gasteiger partial charge in [0.15, 0.2) is 0 Å². The van der Waals surface area contributed by atoms with Gasteiger partial charge in [-0.25, -0.2) is 0 Å². The molecule has 18 heavy (non-hydrogen) atoms. The second-order valence-corrected chi connectivity index (χ2v) is 6.18. The van der Waals surface area contributed by atoms with Crippen LogP contribution in [0.5, 0.6) is 0 Å². The van der Waals surface area contributed by atoms with Crippen molar-refractivity contribution in [2.75, 3.05) is 26.2 Å². The molecule has 2 aliphatic rings. The molecule has 1 atom stereocenters. The molecule has 1 saturated carbocycles. The van der Waals surface area contributed by atoms with Crippen LogP contribution in [0.25, 0.3) is 0 Å². The van der Waals surface area contributed by atoms with E-state index in [0.717, 1.165) is 38.6 Å². The van der Waals surface area contributed by atoms with Crippen LogP contribution in [0.15, 0.2) is 0 Å². The maximum Gasteiger partial charge on any atom is 0.239 e. The molecule has 2 N–H and O–H groups in total. The van der Waals surface area contributed by atoms with Crippen LogP contribution < -0.4 is 5.73 Å². The highest BCUT2D eigenvalue weighted by Gasteiger charge is 2.30. The highest BCUT2D eigenvalue weighted by Crippen LogP contribution is 2.25. The summed E-state index contributed by atoms with van der Waals surface area (Å²) in [6.07, 6.45) is 4.87. The Bertz CT molecular complexity index is 281. The minimum absolute atomic E-state index is 0.150. The number of carbonyl (C=O) groups is 1. The largest absolute Gasteiger partial charge is 0.339 e. The molecule has 0 bridgehead atoms. The van der Waals surface area contributed by atoms with Crippen molar-refractivity contribution in [1.29, 1.82) is 0 Å². The molecule has 1 aliphatic carbocycles. The molecule has 0 radical (unpaired) electrons. The van der Waals surface area contributed by atoms with E-state index in [1.165, 1.54) is 19.3 Å². The number of piperazine rings is 1. The van der Waals surface area contributed by atoms with E-state index in [1.807, 2.05) is 4.90 Å². The number of hydrogen-bond donors (Lipinski definition) is 1. The average molecular weight is 253 g/mol. The van der Waals surface area contributed by atoms with Crippen LogP contribution in [0.2, 0.25) is 0 Å². The molecule has 2 rings (SSSR count). The Hall–Kier alpha value is -0.610. The maximum atomic E-state index is 12.2. The molecule has 4 heteroatoms. The van der Waals surface area contributed by atoms with Gasteiger partial charge in [-0.15, -0.1) is 0 Å². The van der Waals surface area contributed by atoms with Gasteiger partial charge < -0.3 is 10.6 Å². The molecular weight excluding hydrogens is 226 g/mol. The maximum absolute atomic E-state index is 12.2. The number of amides is 1. The summed E-state index contributed by atoms with van der Waals surface area (Å²) in [7, 11) is 0. The van der Waals surface area contributed by atoms with Crippen LogP contribution >= 0.6 is 0 Å². The third-order valence-corrected chi connectivity index (χ3v) is 4.26. The van der Waals surface area contributed by atoms with E-state index in [2.05, 4.69) is 18.7 Å². The Morgan fingerprint density at radius 3 is 2.28 bits per heavy atom. The zero-order valence-corrected chi connectivity index (χ0v) is 11.8. The van der Waals surface area contributed by atoms with E-state index < -0.39 is 0 Å². The Morgan fingerprint density at radius 2 is 1.83 bits per heavy atom. The zero-order valence-electron chi connectivity index (χ0n) is 11.8. The SMILES string of the molecule is CC(C)C[C@H](N)C(=O)N1CCN(C2CCC2)CC1. The van der Waals surface area contributed by atoms with Crippen LogP contribution in [0.1, 0.15) is 39.5 Å². The summed E-state index contributed by atoms with van der Waals surface area (Å²) in [6, 6.07) is 0.492. The Balaban J connectivity index is 1.76. The second-order valence-electron chi connectivity index (χ2n) is 6.18. The highest BCUT2D eigenvalue weighted by molar-refractivity contribution is 5.81. The first-order chi connectivity index (χ1) is 8.58. The standard InChI is InChI=1S/C14H27N3O/c1-11(2)10-13(15)14(18)17-8-6-16(7-9-17)12-4-3-5-12/h11-13H,3-10,15H2,1-2H3/t13-/m0/s1. The molecule has 0 aromatic rings. The van der Waals surface area contributed by atoms with Crippen LogP contribution in [-0.2, 0) is 4.79 Å². The molecule has 2 fully saturated rings. The van der Waals surface area contributed by atoms with E-state index in [4.69, 9.17) is 5.73 Å². The van der Waals surface area contributed by atoms with Crippen LogP contribution in [0, 0.1) is 5.92 Å². The predicted octanol–water partition coefficient (Wildman–Crippen LogP) is 1.06. The average Bonchev–Trinajstić information content (AvgIpc) is 2.26. The predicted molar refractivity (Wildman–Crippen MR) is 73.2 cm³/mol. The van der Waals surface area contributed by atoms with Crippen molar-refractivity contribution in [1.82, 2.24) is 9.80 Å². The minimum Gasteiger partial charge on any atom is -0.339 e. The van der Waals surface area contributed by atoms with Gasteiger partial charge in [0.05, 0.1) is 6.04 Å². The van der Waals surface area contributed by atoms with Gasteiger partial charge in [-0.1, -0.05) is 20.3 Å². The zero-order chi connectivity index (χ0) is 13.1. The van der Waals surface area contributed by atoms with Crippen molar-refractivity contribution in [2.45, 2.75) is 51.6 Å². The summed E-state index contributed by atoms with van der Waals surface area (Å²) in [4.78, 5) is 16.7. The highest BCUT2D eigenvalue weighted by atomic mass is 16.2. The topological polar surface area (TPSA) is 49.6 Å². The normalized spacial score (nSPS) is 24.1. The van der Waals surface area contributed by atoms with Crippen molar-refractivity contribution < 1.29 is 4.79 Å². The van der Waals surface area contributed by atoms with E-state index >= 15 is 0 Å². The molecule has 1 amide bonds. The fourth-order valence-corrected chi connectivity index (χ4v) is 2.90. The van der Waals surface area contributed by atoms with Gasteiger partial charge in [-0.2, -0.15) is 0 Å². The number of nitrogens with two attached hydrogens (primary N) is 1.